The van der Waals surface area contributed by atoms with Crippen LogP contribution in [0.15, 0.2) is 22.1 Å². The second-order valence-electron chi connectivity index (χ2n) is 2.50. The van der Waals surface area contributed by atoms with Crippen molar-refractivity contribution in [2.24, 2.45) is 9.98 Å². The van der Waals surface area contributed by atoms with Gasteiger partial charge < -0.3 is 0 Å². The van der Waals surface area contributed by atoms with E-state index in [4.69, 9.17) is 0 Å². The minimum Gasteiger partial charge on any atom is -0.211 e. The second-order valence-corrected chi connectivity index (χ2v) is 2.50. The molecule has 1 aromatic carbocycles. The van der Waals surface area contributed by atoms with Gasteiger partial charge in [0.05, 0.1) is 5.69 Å². The molecule has 5 heteroatoms. The molecule has 0 aliphatic carbocycles. The van der Waals surface area contributed by atoms with Gasteiger partial charge in [0.2, 0.25) is 12.2 Å². The molecule has 0 bridgehead atoms. The lowest BCUT2D eigenvalue weighted by atomic mass is 10.2. The van der Waals surface area contributed by atoms with Gasteiger partial charge >= 0.3 is 0 Å². The number of isocyanates is 2. The Morgan fingerprint density at radius 2 is 1.71 bits per heavy atom. The minimum absolute atomic E-state index is 0.195. The van der Waals surface area contributed by atoms with Crippen LogP contribution in [0.4, 0.5) is 15.8 Å². The highest BCUT2D eigenvalue weighted by Crippen LogP contribution is 2.27. The van der Waals surface area contributed by atoms with Gasteiger partial charge in [-0.1, -0.05) is 0 Å². The number of aliphatic imine (C=N–C) groups is 2. The fraction of sp³-hybridized carbons (Fsp3) is 0.111. The Balaban J connectivity index is 3.40. The molecule has 0 aliphatic rings. The van der Waals surface area contributed by atoms with Gasteiger partial charge in [0.15, 0.2) is 0 Å². The van der Waals surface area contributed by atoms with Crippen molar-refractivity contribution in [3.63, 3.8) is 0 Å². The van der Waals surface area contributed by atoms with E-state index in [0.29, 0.717) is 5.56 Å². The zero-order chi connectivity index (χ0) is 10.6. The summed E-state index contributed by atoms with van der Waals surface area (Å²) in [6.07, 6.45) is 2.53. The molecule has 1 aromatic rings. The van der Waals surface area contributed by atoms with Crippen LogP contribution in [0.1, 0.15) is 5.56 Å². The van der Waals surface area contributed by atoms with Crippen LogP contribution in [-0.4, -0.2) is 12.2 Å². The summed E-state index contributed by atoms with van der Waals surface area (Å²) in [4.78, 5) is 26.3. The first-order valence-electron chi connectivity index (χ1n) is 3.65. The minimum atomic E-state index is -0.657. The molecular formula is C9H5FN2O2. The fourth-order valence-corrected chi connectivity index (χ4v) is 0.955. The van der Waals surface area contributed by atoms with Crippen molar-refractivity contribution < 1.29 is 14.0 Å². The molecule has 0 aliphatic heterocycles. The van der Waals surface area contributed by atoms with E-state index >= 15 is 0 Å². The molecule has 70 valence electrons. The van der Waals surface area contributed by atoms with Crippen LogP contribution in [0.5, 0.6) is 0 Å². The SMILES string of the molecule is Cc1cc(F)c(N=C=O)cc1N=C=O. The molecule has 0 atom stereocenters. The first-order chi connectivity index (χ1) is 6.69. The second kappa shape index (κ2) is 4.23. The molecule has 0 aromatic heterocycles. The Bertz CT molecular complexity index is 419. The Hall–Kier alpha value is -2.09. The number of halogens is 1. The normalized spacial score (nSPS) is 8.71. The van der Waals surface area contributed by atoms with Gasteiger partial charge in [0, 0.05) is 0 Å². The summed E-state index contributed by atoms with van der Waals surface area (Å²) < 4.78 is 13.0. The molecule has 1 rings (SSSR count). The average molecular weight is 192 g/mol. The average Bonchev–Trinajstić information content (AvgIpc) is 2.14. The Morgan fingerprint density at radius 3 is 2.29 bits per heavy atom. The highest BCUT2D eigenvalue weighted by molar-refractivity contribution is 5.62. The zero-order valence-corrected chi connectivity index (χ0v) is 7.24. The predicted octanol–water partition coefficient (Wildman–Crippen LogP) is 2.07. The molecule has 4 nitrogen and oxygen atoms in total. The van der Waals surface area contributed by atoms with Gasteiger partial charge in [-0.25, -0.2) is 14.0 Å². The third kappa shape index (κ3) is 1.98. The number of benzene rings is 1. The largest absolute Gasteiger partial charge is 0.240 e. The number of rotatable bonds is 2. The topological polar surface area (TPSA) is 58.9 Å². The third-order valence-electron chi connectivity index (χ3n) is 1.60. The third-order valence-corrected chi connectivity index (χ3v) is 1.60. The van der Waals surface area contributed by atoms with Crippen LogP contribution >= 0.6 is 0 Å². The molecule has 0 amide bonds. The molecular weight excluding hydrogens is 187 g/mol. The van der Waals surface area contributed by atoms with Crippen LogP contribution in [0.3, 0.4) is 0 Å². The molecule has 14 heavy (non-hydrogen) atoms. The Kier molecular flexibility index (Phi) is 3.02. The standard InChI is InChI=1S/C9H5FN2O2/c1-6-2-7(10)9(12-5-14)3-8(6)11-4-13/h2-3H,1H3. The van der Waals surface area contributed by atoms with Gasteiger partial charge in [-0.15, -0.1) is 0 Å². The number of hydrogen-bond acceptors (Lipinski definition) is 4. The van der Waals surface area contributed by atoms with Gasteiger partial charge in [-0.2, -0.15) is 9.98 Å². The predicted molar refractivity (Wildman–Crippen MR) is 46.7 cm³/mol. The first-order valence-corrected chi connectivity index (χ1v) is 3.65. The molecule has 0 fully saturated rings. The maximum atomic E-state index is 13.0. The summed E-state index contributed by atoms with van der Waals surface area (Å²) in [5.41, 5.74) is 0.505. The lowest BCUT2D eigenvalue weighted by molar-refractivity contribution is 0.564. The van der Waals surface area contributed by atoms with Gasteiger partial charge in [0.25, 0.3) is 0 Å². The van der Waals surface area contributed by atoms with Crippen LogP contribution < -0.4 is 0 Å². The summed E-state index contributed by atoms with van der Waals surface area (Å²) in [6, 6.07) is 2.31. The summed E-state index contributed by atoms with van der Waals surface area (Å²) in [7, 11) is 0. The van der Waals surface area contributed by atoms with Crippen molar-refractivity contribution in [2.45, 2.75) is 6.92 Å². The maximum absolute atomic E-state index is 13.0. The van der Waals surface area contributed by atoms with Crippen molar-refractivity contribution >= 4 is 23.5 Å². The van der Waals surface area contributed by atoms with E-state index < -0.39 is 5.82 Å². The lowest BCUT2D eigenvalue weighted by Crippen LogP contribution is -1.80. The van der Waals surface area contributed by atoms with Gasteiger partial charge in [-0.3, -0.25) is 0 Å². The maximum Gasteiger partial charge on any atom is 0.240 e. The number of carbonyl (C=O) groups excluding carboxylic acids is 2. The highest BCUT2D eigenvalue weighted by Gasteiger charge is 2.05. The summed E-state index contributed by atoms with van der Waals surface area (Å²) in [6.45, 7) is 1.58. The molecule has 0 N–H and O–H groups in total. The number of hydrogen-bond donors (Lipinski definition) is 0. The fourth-order valence-electron chi connectivity index (χ4n) is 0.955. The molecule has 0 heterocycles. The van der Waals surface area contributed by atoms with E-state index in [0.717, 1.165) is 6.07 Å². The molecule has 0 saturated carbocycles. The monoisotopic (exact) mass is 192 g/mol. The van der Waals surface area contributed by atoms with E-state index in [1.54, 1.807) is 6.92 Å². The summed E-state index contributed by atoms with van der Waals surface area (Å²) >= 11 is 0. The molecule has 0 spiro atoms. The van der Waals surface area contributed by atoms with Crippen LogP contribution in [-0.2, 0) is 9.59 Å². The van der Waals surface area contributed by atoms with Crippen molar-refractivity contribution in [2.75, 3.05) is 0 Å². The van der Waals surface area contributed by atoms with Crippen LogP contribution in [0.2, 0.25) is 0 Å². The molecule has 0 saturated heterocycles. The van der Waals surface area contributed by atoms with Gasteiger partial charge in [-0.05, 0) is 24.6 Å². The van der Waals surface area contributed by atoms with E-state index in [9.17, 15) is 14.0 Å². The Labute approximate surface area is 78.8 Å². The van der Waals surface area contributed by atoms with Gasteiger partial charge in [0.1, 0.15) is 11.5 Å². The highest BCUT2D eigenvalue weighted by atomic mass is 19.1. The smallest absolute Gasteiger partial charge is 0.211 e. The molecule has 0 radical (unpaired) electrons. The summed E-state index contributed by atoms with van der Waals surface area (Å²) in [5.74, 6) is -0.657. The Morgan fingerprint density at radius 1 is 1.14 bits per heavy atom. The van der Waals surface area contributed by atoms with Crippen LogP contribution in [0.25, 0.3) is 0 Å². The van der Waals surface area contributed by atoms with Crippen molar-refractivity contribution in [3.05, 3.63) is 23.5 Å². The van der Waals surface area contributed by atoms with E-state index in [1.165, 1.54) is 18.2 Å². The first kappa shape index (κ1) is 9.99. The van der Waals surface area contributed by atoms with Crippen molar-refractivity contribution in [1.82, 2.24) is 0 Å². The summed E-state index contributed by atoms with van der Waals surface area (Å²) in [5, 5.41) is 0. The van der Waals surface area contributed by atoms with Crippen molar-refractivity contribution in [3.8, 4) is 0 Å². The van der Waals surface area contributed by atoms with E-state index in [-0.39, 0.29) is 11.4 Å². The van der Waals surface area contributed by atoms with Crippen molar-refractivity contribution in [1.29, 1.82) is 0 Å². The van der Waals surface area contributed by atoms with Crippen LogP contribution in [0, 0.1) is 12.7 Å². The lowest BCUT2D eigenvalue weighted by Gasteiger charge is -1.99. The van der Waals surface area contributed by atoms with E-state index in [2.05, 4.69) is 9.98 Å². The van der Waals surface area contributed by atoms with E-state index in [1.807, 2.05) is 0 Å². The number of nitrogens with zero attached hydrogens (tertiary/aromatic N) is 2. The quantitative estimate of drug-likeness (QED) is 0.532. The molecule has 0 unspecified atom stereocenters. The zero-order valence-electron chi connectivity index (χ0n) is 7.24. The number of aryl methyl sites for hydroxylation is 1.